The van der Waals surface area contributed by atoms with Crippen LogP contribution < -0.4 is 0 Å². The number of hydrogen-bond acceptors (Lipinski definition) is 2. The summed E-state index contributed by atoms with van der Waals surface area (Å²) >= 11 is 2.99. The van der Waals surface area contributed by atoms with Gasteiger partial charge in [0, 0.05) is 6.42 Å². The monoisotopic (exact) mass is 280 g/mol. The Bertz CT molecular complexity index is 441. The summed E-state index contributed by atoms with van der Waals surface area (Å²) in [5.74, 6) is -4.93. The van der Waals surface area contributed by atoms with Crippen LogP contribution in [0.2, 0.25) is 0 Å². The molecule has 0 amide bonds. The van der Waals surface area contributed by atoms with Crippen molar-refractivity contribution in [1.29, 1.82) is 0 Å². The fourth-order valence-corrected chi connectivity index (χ4v) is 2.24. The maximum absolute atomic E-state index is 13.1. The average molecular weight is 281 g/mol. The van der Waals surface area contributed by atoms with Gasteiger partial charge in [-0.1, -0.05) is 0 Å². The van der Waals surface area contributed by atoms with Crippen LogP contribution in [0.5, 0.6) is 0 Å². The smallest absolute Gasteiger partial charge is 0.323 e. The molecule has 0 bridgehead atoms. The van der Waals surface area contributed by atoms with E-state index >= 15 is 0 Å². The number of aliphatic carboxylic acids is 1. The first-order chi connectivity index (χ1) is 6.81. The van der Waals surface area contributed by atoms with Gasteiger partial charge in [-0.05, 0) is 34.5 Å². The summed E-state index contributed by atoms with van der Waals surface area (Å²) in [6.07, 6.45) is -0.698. The largest absolute Gasteiger partial charge is 0.480 e. The van der Waals surface area contributed by atoms with E-state index in [-0.39, 0.29) is 10.4 Å². The summed E-state index contributed by atoms with van der Waals surface area (Å²) in [5.41, 5.74) is -1.75. The van der Waals surface area contributed by atoms with Gasteiger partial charge in [-0.15, -0.1) is 0 Å². The van der Waals surface area contributed by atoms with Gasteiger partial charge in [0.05, 0.1) is 0 Å². The lowest BCUT2D eigenvalue weighted by Gasteiger charge is -2.08. The van der Waals surface area contributed by atoms with Crippen molar-refractivity contribution in [2.24, 2.45) is 0 Å². The molecule has 1 unspecified atom stereocenters. The fourth-order valence-electron chi connectivity index (χ4n) is 1.73. The molecule has 3 nitrogen and oxygen atoms in total. The molecule has 2 rings (SSSR count). The van der Waals surface area contributed by atoms with E-state index in [0.717, 1.165) is 0 Å². The first-order valence-corrected chi connectivity index (χ1v) is 4.98. The van der Waals surface area contributed by atoms with E-state index in [0.29, 0.717) is 5.56 Å². The Labute approximate surface area is 92.2 Å². The van der Waals surface area contributed by atoms with Gasteiger partial charge >= 0.3 is 5.97 Å². The molecule has 0 spiro atoms. The molecule has 1 atom stereocenters. The lowest BCUT2D eigenvalue weighted by molar-refractivity contribution is -0.143. The quantitative estimate of drug-likeness (QED) is 0.906. The molecule has 6 heteroatoms. The maximum Gasteiger partial charge on any atom is 0.323 e. The summed E-state index contributed by atoms with van der Waals surface area (Å²) in [5, 5.41) is 8.87. The number of aryl methyl sites for hydroxylation is 1. The van der Waals surface area contributed by atoms with Crippen LogP contribution in [-0.4, -0.2) is 17.0 Å². The highest BCUT2D eigenvalue weighted by atomic mass is 79.9. The number of furan rings is 1. The van der Waals surface area contributed by atoms with Gasteiger partial charge in [0.15, 0.2) is 10.1 Å². The molecule has 1 saturated carbocycles. The topological polar surface area (TPSA) is 50.4 Å². The van der Waals surface area contributed by atoms with Gasteiger partial charge in [0.25, 0.3) is 5.92 Å². The Balaban J connectivity index is 2.54. The van der Waals surface area contributed by atoms with Gasteiger partial charge in [-0.3, -0.25) is 4.79 Å². The van der Waals surface area contributed by atoms with Crippen LogP contribution in [0.3, 0.4) is 0 Å². The van der Waals surface area contributed by atoms with Crippen molar-refractivity contribution in [3.63, 3.8) is 0 Å². The first kappa shape index (κ1) is 10.6. The molecule has 1 aromatic heterocycles. The zero-order valence-corrected chi connectivity index (χ0v) is 9.27. The minimum absolute atomic E-state index is 0.160. The molecule has 1 fully saturated rings. The number of carboxylic acid groups (broad SMARTS) is 1. The zero-order valence-electron chi connectivity index (χ0n) is 7.68. The molecule has 1 heterocycles. The Morgan fingerprint density at radius 2 is 2.20 bits per heavy atom. The Kier molecular flexibility index (Phi) is 1.99. The van der Waals surface area contributed by atoms with Crippen LogP contribution in [0, 0.1) is 6.92 Å². The molecule has 1 aliphatic carbocycles. The van der Waals surface area contributed by atoms with E-state index in [9.17, 15) is 13.6 Å². The number of carbonyl (C=O) groups is 1. The van der Waals surface area contributed by atoms with Crippen molar-refractivity contribution in [2.45, 2.75) is 24.7 Å². The molecule has 82 valence electrons. The zero-order chi connectivity index (χ0) is 11.4. The molecule has 1 N–H and O–H groups in total. The molecule has 0 aromatic carbocycles. The molecule has 1 aromatic rings. The van der Waals surface area contributed by atoms with Crippen LogP contribution in [-0.2, 0) is 10.2 Å². The van der Waals surface area contributed by atoms with Gasteiger partial charge in [-0.2, -0.15) is 0 Å². The van der Waals surface area contributed by atoms with E-state index in [4.69, 9.17) is 9.52 Å². The van der Waals surface area contributed by atoms with E-state index < -0.39 is 23.7 Å². The third-order valence-corrected chi connectivity index (χ3v) is 3.02. The summed E-state index contributed by atoms with van der Waals surface area (Å²) in [6, 6.07) is 1.48. The van der Waals surface area contributed by atoms with Crippen molar-refractivity contribution in [3.05, 3.63) is 22.1 Å². The predicted octanol–water partition coefficient (Wildman–Crippen LogP) is 2.71. The lowest BCUT2D eigenvalue weighted by Crippen LogP contribution is -2.27. The Morgan fingerprint density at radius 1 is 1.67 bits per heavy atom. The third-order valence-electron chi connectivity index (χ3n) is 2.63. The molecule has 1 aliphatic rings. The van der Waals surface area contributed by atoms with Crippen LogP contribution in [0.1, 0.15) is 17.7 Å². The van der Waals surface area contributed by atoms with Gasteiger partial charge in [0.2, 0.25) is 0 Å². The van der Waals surface area contributed by atoms with Crippen LogP contribution in [0.15, 0.2) is 15.2 Å². The van der Waals surface area contributed by atoms with E-state index in [1.54, 1.807) is 6.92 Å². The molecular weight excluding hydrogens is 274 g/mol. The van der Waals surface area contributed by atoms with Crippen molar-refractivity contribution >= 4 is 21.9 Å². The Morgan fingerprint density at radius 3 is 2.47 bits per heavy atom. The molecular formula is C9H7BrF2O3. The summed E-state index contributed by atoms with van der Waals surface area (Å²) in [7, 11) is 0. The first-order valence-electron chi connectivity index (χ1n) is 4.19. The molecule has 0 radical (unpaired) electrons. The number of hydrogen-bond donors (Lipinski definition) is 1. The van der Waals surface area contributed by atoms with E-state index in [2.05, 4.69) is 15.9 Å². The molecule has 0 aliphatic heterocycles. The highest BCUT2D eigenvalue weighted by molar-refractivity contribution is 9.10. The van der Waals surface area contributed by atoms with Crippen LogP contribution in [0.4, 0.5) is 8.78 Å². The fraction of sp³-hybridized carbons (Fsp3) is 0.444. The minimum atomic E-state index is -3.22. The van der Waals surface area contributed by atoms with Gasteiger partial charge in [-0.25, -0.2) is 8.78 Å². The minimum Gasteiger partial charge on any atom is -0.480 e. The third kappa shape index (κ3) is 1.24. The normalized spacial score (nSPS) is 27.7. The van der Waals surface area contributed by atoms with E-state index in [1.807, 2.05) is 0 Å². The number of halogens is 3. The standard InChI is InChI=1S/C9H7BrF2O3/c1-4-2-5(10)15-6(4)8(7(13)14)3-9(8,11)12/h2H,3H2,1H3,(H,13,14). The van der Waals surface area contributed by atoms with Crippen molar-refractivity contribution in [3.8, 4) is 0 Å². The van der Waals surface area contributed by atoms with Gasteiger partial charge in [0.1, 0.15) is 5.76 Å². The summed E-state index contributed by atoms with van der Waals surface area (Å²) < 4.78 is 31.5. The maximum atomic E-state index is 13.1. The predicted molar refractivity (Wildman–Crippen MR) is 50.0 cm³/mol. The van der Waals surface area contributed by atoms with E-state index in [1.165, 1.54) is 6.07 Å². The van der Waals surface area contributed by atoms with Gasteiger partial charge < -0.3 is 9.52 Å². The number of carboxylic acids is 1. The van der Waals surface area contributed by atoms with Crippen molar-refractivity contribution in [1.82, 2.24) is 0 Å². The summed E-state index contributed by atoms with van der Waals surface area (Å²) in [6.45, 7) is 1.54. The highest BCUT2D eigenvalue weighted by Gasteiger charge is 2.79. The van der Waals surface area contributed by atoms with Crippen LogP contribution >= 0.6 is 15.9 Å². The van der Waals surface area contributed by atoms with Crippen molar-refractivity contribution in [2.75, 3.05) is 0 Å². The SMILES string of the molecule is Cc1cc(Br)oc1C1(C(=O)O)CC1(F)F. The highest BCUT2D eigenvalue weighted by Crippen LogP contribution is 2.62. The number of alkyl halides is 2. The second-order valence-electron chi connectivity index (χ2n) is 3.65. The second-order valence-corrected chi connectivity index (χ2v) is 4.44. The van der Waals surface area contributed by atoms with Crippen molar-refractivity contribution < 1.29 is 23.1 Å². The Hall–Kier alpha value is -0.910. The van der Waals surface area contributed by atoms with Crippen LogP contribution in [0.25, 0.3) is 0 Å². The number of rotatable bonds is 2. The molecule has 0 saturated heterocycles. The average Bonchev–Trinajstić information content (AvgIpc) is 2.50. The summed E-state index contributed by atoms with van der Waals surface area (Å²) in [4.78, 5) is 10.9. The second kappa shape index (κ2) is 2.81. The molecule has 15 heavy (non-hydrogen) atoms. The lowest BCUT2D eigenvalue weighted by atomic mass is 10.00.